The van der Waals surface area contributed by atoms with Crippen molar-refractivity contribution in [1.29, 1.82) is 0 Å². The van der Waals surface area contributed by atoms with Crippen molar-refractivity contribution in [2.75, 3.05) is 6.54 Å². The Labute approximate surface area is 92.4 Å². The summed E-state index contributed by atoms with van der Waals surface area (Å²) in [6, 6.07) is 6.29. The summed E-state index contributed by atoms with van der Waals surface area (Å²) in [6.07, 6.45) is 2.17. The average molecular weight is 207 g/mol. The quantitative estimate of drug-likeness (QED) is 0.805. The van der Waals surface area contributed by atoms with Crippen LogP contribution in [-0.4, -0.2) is 12.6 Å². The number of aryl methyl sites for hydroxylation is 2. The smallest absolute Gasteiger partial charge is 0.122 e. The van der Waals surface area contributed by atoms with Crippen molar-refractivity contribution in [3.63, 3.8) is 0 Å². The van der Waals surface area contributed by atoms with E-state index in [1.165, 1.54) is 11.1 Å². The number of hydrogen-bond donors (Lipinski definition) is 1. The second kappa shape index (κ2) is 5.76. The van der Waals surface area contributed by atoms with Gasteiger partial charge in [-0.15, -0.1) is 0 Å². The Balaban J connectivity index is 2.73. The van der Waals surface area contributed by atoms with Gasteiger partial charge in [0.1, 0.15) is 5.75 Å². The van der Waals surface area contributed by atoms with Gasteiger partial charge < -0.3 is 10.5 Å². The molecule has 1 unspecified atom stereocenters. The molecule has 0 saturated heterocycles. The zero-order valence-electron chi connectivity index (χ0n) is 9.92. The molecule has 2 N–H and O–H groups in total. The van der Waals surface area contributed by atoms with Gasteiger partial charge in [-0.05, 0) is 50.4 Å². The van der Waals surface area contributed by atoms with Crippen molar-refractivity contribution >= 4 is 0 Å². The van der Waals surface area contributed by atoms with Gasteiger partial charge in [-0.1, -0.05) is 19.1 Å². The van der Waals surface area contributed by atoms with E-state index in [4.69, 9.17) is 10.5 Å². The van der Waals surface area contributed by atoms with E-state index in [0.717, 1.165) is 18.6 Å². The summed E-state index contributed by atoms with van der Waals surface area (Å²) in [5.41, 5.74) is 7.97. The maximum absolute atomic E-state index is 5.94. The van der Waals surface area contributed by atoms with E-state index in [1.54, 1.807) is 0 Å². The van der Waals surface area contributed by atoms with Crippen LogP contribution < -0.4 is 10.5 Å². The molecule has 0 saturated carbocycles. The molecule has 2 nitrogen and oxygen atoms in total. The Bertz CT molecular complexity index is 309. The summed E-state index contributed by atoms with van der Waals surface area (Å²) in [5, 5.41) is 0. The highest BCUT2D eigenvalue weighted by molar-refractivity contribution is 5.36. The van der Waals surface area contributed by atoms with Crippen LogP contribution in [0.4, 0.5) is 0 Å². The van der Waals surface area contributed by atoms with Crippen LogP contribution in [0.1, 0.15) is 30.9 Å². The lowest BCUT2D eigenvalue weighted by atomic mass is 10.1. The maximum atomic E-state index is 5.94. The van der Waals surface area contributed by atoms with Crippen molar-refractivity contribution in [3.8, 4) is 5.75 Å². The van der Waals surface area contributed by atoms with Crippen LogP contribution in [-0.2, 0) is 0 Å². The Morgan fingerprint density at radius 1 is 1.33 bits per heavy atom. The first-order valence-corrected chi connectivity index (χ1v) is 5.61. The summed E-state index contributed by atoms with van der Waals surface area (Å²) in [5.74, 6) is 0.996. The molecule has 2 heteroatoms. The molecule has 0 bridgehead atoms. The highest BCUT2D eigenvalue weighted by Gasteiger charge is 2.08. The zero-order valence-corrected chi connectivity index (χ0v) is 9.92. The molecular weight excluding hydrogens is 186 g/mol. The van der Waals surface area contributed by atoms with Gasteiger partial charge in [0.05, 0.1) is 6.10 Å². The van der Waals surface area contributed by atoms with Gasteiger partial charge in [0.2, 0.25) is 0 Å². The van der Waals surface area contributed by atoms with Crippen LogP contribution in [0.3, 0.4) is 0 Å². The second-order valence-electron chi connectivity index (χ2n) is 3.99. The lowest BCUT2D eigenvalue weighted by Gasteiger charge is -2.18. The minimum absolute atomic E-state index is 0.246. The fourth-order valence-corrected chi connectivity index (χ4v) is 1.55. The molecule has 1 aromatic carbocycles. The third-order valence-corrected chi connectivity index (χ3v) is 2.58. The van der Waals surface area contributed by atoms with Crippen LogP contribution in [0.5, 0.6) is 5.75 Å². The number of rotatable bonds is 5. The fourth-order valence-electron chi connectivity index (χ4n) is 1.55. The lowest BCUT2D eigenvalue weighted by molar-refractivity contribution is 0.188. The summed E-state index contributed by atoms with van der Waals surface area (Å²) < 4.78 is 5.94. The molecule has 0 aromatic heterocycles. The van der Waals surface area contributed by atoms with Gasteiger partial charge >= 0.3 is 0 Å². The molecule has 0 fully saturated rings. The van der Waals surface area contributed by atoms with Gasteiger partial charge in [0.15, 0.2) is 0 Å². The van der Waals surface area contributed by atoms with Crippen molar-refractivity contribution in [2.45, 2.75) is 39.7 Å². The normalized spacial score (nSPS) is 12.5. The minimum Gasteiger partial charge on any atom is -0.490 e. The summed E-state index contributed by atoms with van der Waals surface area (Å²) >= 11 is 0. The molecule has 84 valence electrons. The topological polar surface area (TPSA) is 35.2 Å². The van der Waals surface area contributed by atoms with Crippen LogP contribution in [0, 0.1) is 13.8 Å². The van der Waals surface area contributed by atoms with E-state index < -0.39 is 0 Å². The number of hydrogen-bond acceptors (Lipinski definition) is 2. The molecular formula is C13H21NO. The van der Waals surface area contributed by atoms with Gasteiger partial charge in [-0.3, -0.25) is 0 Å². The first kappa shape index (κ1) is 12.1. The summed E-state index contributed by atoms with van der Waals surface area (Å²) in [6.45, 7) is 6.97. The van der Waals surface area contributed by atoms with E-state index in [2.05, 4.69) is 39.0 Å². The fraction of sp³-hybridized carbons (Fsp3) is 0.538. The van der Waals surface area contributed by atoms with E-state index in [-0.39, 0.29) is 6.10 Å². The minimum atomic E-state index is 0.246. The Hall–Kier alpha value is -1.02. The van der Waals surface area contributed by atoms with Crippen LogP contribution in [0.2, 0.25) is 0 Å². The van der Waals surface area contributed by atoms with Gasteiger partial charge in [0, 0.05) is 0 Å². The monoisotopic (exact) mass is 207 g/mol. The van der Waals surface area contributed by atoms with Crippen molar-refractivity contribution in [2.24, 2.45) is 5.73 Å². The van der Waals surface area contributed by atoms with E-state index in [9.17, 15) is 0 Å². The second-order valence-corrected chi connectivity index (χ2v) is 3.99. The van der Waals surface area contributed by atoms with Gasteiger partial charge in [-0.2, -0.15) is 0 Å². The largest absolute Gasteiger partial charge is 0.490 e. The van der Waals surface area contributed by atoms with E-state index in [0.29, 0.717) is 6.54 Å². The van der Waals surface area contributed by atoms with E-state index in [1.807, 2.05) is 0 Å². The molecule has 0 aliphatic rings. The number of ether oxygens (including phenoxy) is 1. The highest BCUT2D eigenvalue weighted by atomic mass is 16.5. The molecule has 0 aliphatic carbocycles. The molecule has 1 atom stereocenters. The molecule has 0 aliphatic heterocycles. The molecule has 0 heterocycles. The maximum Gasteiger partial charge on any atom is 0.122 e. The van der Waals surface area contributed by atoms with Crippen molar-refractivity contribution in [1.82, 2.24) is 0 Å². The predicted molar refractivity (Wildman–Crippen MR) is 64.3 cm³/mol. The van der Waals surface area contributed by atoms with Crippen LogP contribution in [0.15, 0.2) is 18.2 Å². The number of nitrogens with two attached hydrogens (primary N) is 1. The van der Waals surface area contributed by atoms with Crippen LogP contribution in [0.25, 0.3) is 0 Å². The van der Waals surface area contributed by atoms with Crippen molar-refractivity contribution in [3.05, 3.63) is 29.3 Å². The molecule has 15 heavy (non-hydrogen) atoms. The first-order valence-electron chi connectivity index (χ1n) is 5.61. The molecule has 1 aromatic rings. The lowest BCUT2D eigenvalue weighted by Crippen LogP contribution is -2.20. The third kappa shape index (κ3) is 3.56. The van der Waals surface area contributed by atoms with E-state index >= 15 is 0 Å². The van der Waals surface area contributed by atoms with Gasteiger partial charge in [-0.25, -0.2) is 0 Å². The third-order valence-electron chi connectivity index (χ3n) is 2.58. The highest BCUT2D eigenvalue weighted by Crippen LogP contribution is 2.21. The molecule has 1 rings (SSSR count). The van der Waals surface area contributed by atoms with Crippen LogP contribution >= 0.6 is 0 Å². The van der Waals surface area contributed by atoms with Crippen molar-refractivity contribution < 1.29 is 4.74 Å². The zero-order chi connectivity index (χ0) is 11.3. The number of benzene rings is 1. The molecule has 0 radical (unpaired) electrons. The van der Waals surface area contributed by atoms with Gasteiger partial charge in [0.25, 0.3) is 0 Å². The average Bonchev–Trinajstić information content (AvgIpc) is 2.22. The summed E-state index contributed by atoms with van der Waals surface area (Å²) in [7, 11) is 0. The molecule has 0 spiro atoms. The Kier molecular flexibility index (Phi) is 4.63. The predicted octanol–water partition coefficient (Wildman–Crippen LogP) is 2.81. The SMILES string of the molecule is CCC(CCN)Oc1cc(C)ccc1C. The standard InChI is InChI=1S/C13H21NO/c1-4-12(7-8-14)15-13-9-10(2)5-6-11(13)3/h5-6,9,12H,4,7-8,14H2,1-3H3. The summed E-state index contributed by atoms with van der Waals surface area (Å²) in [4.78, 5) is 0. The Morgan fingerprint density at radius 3 is 2.67 bits per heavy atom. The Morgan fingerprint density at radius 2 is 2.07 bits per heavy atom. The first-order chi connectivity index (χ1) is 7.17. The molecule has 0 amide bonds.